The molecule has 0 amide bonds. The van der Waals surface area contributed by atoms with Crippen molar-refractivity contribution in [3.05, 3.63) is 72.3 Å². The number of aromatic nitrogens is 1. The van der Waals surface area contributed by atoms with Gasteiger partial charge >= 0.3 is 0 Å². The molecule has 0 bridgehead atoms. The number of nitrogens with zero attached hydrogens (tertiary/aromatic N) is 2. The van der Waals surface area contributed by atoms with Crippen molar-refractivity contribution in [1.29, 1.82) is 0 Å². The molecule has 35 heavy (non-hydrogen) atoms. The van der Waals surface area contributed by atoms with Gasteiger partial charge in [0.05, 0.1) is 11.2 Å². The van der Waals surface area contributed by atoms with Crippen molar-refractivity contribution in [2.45, 2.75) is 65.2 Å². The third-order valence-electron chi connectivity index (χ3n) is 7.84. The van der Waals surface area contributed by atoms with Gasteiger partial charge in [0, 0.05) is 35.1 Å². The first-order valence-electron chi connectivity index (χ1n) is 13.7. The Bertz CT molecular complexity index is 1120. The molecule has 1 atom stereocenters. The van der Waals surface area contributed by atoms with Crippen molar-refractivity contribution in [3.8, 4) is 11.3 Å². The van der Waals surface area contributed by atoms with E-state index in [9.17, 15) is 0 Å². The van der Waals surface area contributed by atoms with Crippen molar-refractivity contribution in [2.75, 3.05) is 31.6 Å². The summed E-state index contributed by atoms with van der Waals surface area (Å²) >= 11 is 0. The summed E-state index contributed by atoms with van der Waals surface area (Å²) in [6, 6.07) is 18.3. The van der Waals surface area contributed by atoms with E-state index >= 15 is 0 Å². The van der Waals surface area contributed by atoms with Crippen LogP contribution < -0.4 is 10.2 Å². The van der Waals surface area contributed by atoms with E-state index in [1.54, 1.807) is 0 Å². The number of pyridine rings is 1. The van der Waals surface area contributed by atoms with Crippen LogP contribution in [0.4, 0.5) is 5.69 Å². The van der Waals surface area contributed by atoms with E-state index in [2.05, 4.69) is 85.3 Å². The number of fused-ring (bicyclic) bond motifs is 1. The van der Waals surface area contributed by atoms with E-state index in [1.807, 2.05) is 7.05 Å². The van der Waals surface area contributed by atoms with Gasteiger partial charge in [-0.25, -0.2) is 4.98 Å². The Balaban J connectivity index is 1.67. The summed E-state index contributed by atoms with van der Waals surface area (Å²) in [4.78, 5) is 7.74. The van der Waals surface area contributed by atoms with Crippen LogP contribution in [0.1, 0.15) is 63.5 Å². The van der Waals surface area contributed by atoms with Gasteiger partial charge in [0.1, 0.15) is 0 Å². The normalized spacial score (nSPS) is 17.9. The zero-order chi connectivity index (χ0) is 24.7. The average molecular weight is 470 g/mol. The van der Waals surface area contributed by atoms with Gasteiger partial charge in [-0.3, -0.25) is 0 Å². The molecule has 3 nitrogen and oxygen atoms in total. The highest BCUT2D eigenvalue weighted by Crippen LogP contribution is 2.41. The fraction of sp³-hybridized carbons (Fsp3) is 0.469. The molecular formula is C32H43N3. The fourth-order valence-electron chi connectivity index (χ4n) is 5.50. The molecule has 1 saturated heterocycles. The third kappa shape index (κ3) is 5.95. The highest BCUT2D eigenvalue weighted by molar-refractivity contribution is 5.95. The Morgan fingerprint density at radius 2 is 1.83 bits per heavy atom. The van der Waals surface area contributed by atoms with Gasteiger partial charge in [0.2, 0.25) is 0 Å². The Morgan fingerprint density at radius 3 is 2.54 bits per heavy atom. The second kappa shape index (κ2) is 11.9. The van der Waals surface area contributed by atoms with E-state index in [4.69, 9.17) is 4.98 Å². The average Bonchev–Trinajstić information content (AvgIpc) is 3.33. The first-order valence-corrected chi connectivity index (χ1v) is 13.7. The lowest BCUT2D eigenvalue weighted by Crippen LogP contribution is -2.26. The SMILES string of the molecule is C=CC1(CCCNC)CCN(c2cc(-c3ccc(CCCCC)cc3)nc3cc(CC)ccc23)C1. The number of anilines is 1. The molecule has 1 aliphatic heterocycles. The molecule has 1 fully saturated rings. The predicted molar refractivity (Wildman–Crippen MR) is 152 cm³/mol. The zero-order valence-electron chi connectivity index (χ0n) is 22.1. The van der Waals surface area contributed by atoms with Crippen LogP contribution in [0, 0.1) is 5.41 Å². The summed E-state index contributed by atoms with van der Waals surface area (Å²) in [6.07, 6.45) is 11.8. The number of hydrogen-bond acceptors (Lipinski definition) is 3. The molecule has 2 aromatic carbocycles. The lowest BCUT2D eigenvalue weighted by Gasteiger charge is -2.27. The van der Waals surface area contributed by atoms with Gasteiger partial charge < -0.3 is 10.2 Å². The van der Waals surface area contributed by atoms with Crippen molar-refractivity contribution in [3.63, 3.8) is 0 Å². The maximum atomic E-state index is 5.15. The summed E-state index contributed by atoms with van der Waals surface area (Å²) in [7, 11) is 2.04. The van der Waals surface area contributed by atoms with Crippen molar-refractivity contribution >= 4 is 16.6 Å². The topological polar surface area (TPSA) is 28.2 Å². The van der Waals surface area contributed by atoms with Gasteiger partial charge in [0.15, 0.2) is 0 Å². The standard InChI is InChI=1S/C32H43N3/c1-5-8-9-11-26-12-15-27(16-13-26)29-23-31(28-17-14-25(6-2)22-30(28)34-29)35-21-19-32(7-3,24-35)18-10-20-33-4/h7,12-17,22-23,33H,3,5-6,8-11,18-21,24H2,1-2,4H3. The molecule has 3 aromatic rings. The zero-order valence-corrected chi connectivity index (χ0v) is 22.1. The lowest BCUT2D eigenvalue weighted by molar-refractivity contribution is 0.381. The minimum absolute atomic E-state index is 0.191. The van der Waals surface area contributed by atoms with Gasteiger partial charge in [-0.05, 0) is 75.4 Å². The van der Waals surface area contributed by atoms with E-state index in [0.29, 0.717) is 0 Å². The van der Waals surface area contributed by atoms with Crippen molar-refractivity contribution < 1.29 is 0 Å². The first kappa shape index (κ1) is 25.4. The highest BCUT2D eigenvalue weighted by Gasteiger charge is 2.35. The second-order valence-corrected chi connectivity index (χ2v) is 10.3. The van der Waals surface area contributed by atoms with E-state index in [-0.39, 0.29) is 5.41 Å². The summed E-state index contributed by atoms with van der Waals surface area (Å²) < 4.78 is 0. The fourth-order valence-corrected chi connectivity index (χ4v) is 5.50. The van der Waals surface area contributed by atoms with Gasteiger partial charge in [-0.1, -0.05) is 69.2 Å². The summed E-state index contributed by atoms with van der Waals surface area (Å²) in [6.45, 7) is 11.9. The number of nitrogens with one attached hydrogen (secondary N) is 1. The molecule has 1 unspecified atom stereocenters. The minimum Gasteiger partial charge on any atom is -0.370 e. The molecule has 1 aromatic heterocycles. The summed E-state index contributed by atoms with van der Waals surface area (Å²) in [5, 5.41) is 4.56. The van der Waals surface area contributed by atoms with Crippen LogP contribution in [0.3, 0.4) is 0 Å². The highest BCUT2D eigenvalue weighted by atomic mass is 15.2. The van der Waals surface area contributed by atoms with Gasteiger partial charge in [-0.2, -0.15) is 0 Å². The molecule has 1 aliphatic rings. The molecule has 3 heteroatoms. The van der Waals surface area contributed by atoms with Crippen molar-refractivity contribution in [2.24, 2.45) is 5.41 Å². The van der Waals surface area contributed by atoms with Crippen LogP contribution in [0.2, 0.25) is 0 Å². The number of hydrogen-bond donors (Lipinski definition) is 1. The maximum absolute atomic E-state index is 5.15. The van der Waals surface area contributed by atoms with Gasteiger partial charge in [-0.15, -0.1) is 6.58 Å². The van der Waals surface area contributed by atoms with E-state index in [1.165, 1.54) is 66.3 Å². The molecule has 4 rings (SSSR count). The third-order valence-corrected chi connectivity index (χ3v) is 7.84. The smallest absolute Gasteiger partial charge is 0.0733 e. The van der Waals surface area contributed by atoms with Crippen LogP contribution in [0.15, 0.2) is 61.2 Å². The number of unbranched alkanes of at least 4 members (excludes halogenated alkanes) is 2. The molecule has 0 saturated carbocycles. The molecule has 0 radical (unpaired) electrons. The lowest BCUT2D eigenvalue weighted by atomic mass is 9.82. The number of benzene rings is 2. The van der Waals surface area contributed by atoms with Crippen LogP contribution in [-0.2, 0) is 12.8 Å². The first-order chi connectivity index (χ1) is 17.1. The molecule has 0 spiro atoms. The number of aryl methyl sites for hydroxylation is 2. The Kier molecular flexibility index (Phi) is 8.62. The van der Waals surface area contributed by atoms with Crippen LogP contribution in [0.5, 0.6) is 0 Å². The molecular weight excluding hydrogens is 426 g/mol. The quantitative estimate of drug-likeness (QED) is 0.219. The Labute approximate surface area is 212 Å². The number of rotatable bonds is 12. The summed E-state index contributed by atoms with van der Waals surface area (Å²) in [5.74, 6) is 0. The second-order valence-electron chi connectivity index (χ2n) is 10.3. The van der Waals surface area contributed by atoms with Crippen LogP contribution in [-0.4, -0.2) is 31.7 Å². The Hall–Kier alpha value is -2.65. The van der Waals surface area contributed by atoms with E-state index < -0.39 is 0 Å². The Morgan fingerprint density at radius 1 is 1.03 bits per heavy atom. The molecule has 2 heterocycles. The predicted octanol–water partition coefficient (Wildman–Crippen LogP) is 7.58. The molecule has 186 valence electrons. The largest absolute Gasteiger partial charge is 0.370 e. The maximum Gasteiger partial charge on any atom is 0.0733 e. The van der Waals surface area contributed by atoms with Crippen molar-refractivity contribution in [1.82, 2.24) is 10.3 Å². The minimum atomic E-state index is 0.191. The van der Waals surface area contributed by atoms with Crippen LogP contribution >= 0.6 is 0 Å². The monoisotopic (exact) mass is 469 g/mol. The molecule has 0 aliphatic carbocycles. The molecule has 1 N–H and O–H groups in total. The summed E-state index contributed by atoms with van der Waals surface area (Å²) in [5.41, 5.74) is 7.66. The van der Waals surface area contributed by atoms with Crippen LogP contribution in [0.25, 0.3) is 22.2 Å². The van der Waals surface area contributed by atoms with Gasteiger partial charge in [0.25, 0.3) is 0 Å². The van der Waals surface area contributed by atoms with E-state index in [0.717, 1.165) is 43.7 Å².